The summed E-state index contributed by atoms with van der Waals surface area (Å²) in [4.78, 5) is 13.1. The van der Waals surface area contributed by atoms with E-state index in [2.05, 4.69) is 34.9 Å². The van der Waals surface area contributed by atoms with Crippen molar-refractivity contribution < 1.29 is 24.9 Å². The van der Waals surface area contributed by atoms with Crippen LogP contribution in [0.1, 0.15) is 37.3 Å². The molecule has 3 rings (SSSR count). The molecule has 1 amide bonds. The van der Waals surface area contributed by atoms with Crippen molar-refractivity contribution in [3.8, 4) is 6.07 Å². The summed E-state index contributed by atoms with van der Waals surface area (Å²) in [5, 5.41) is 45.4. The fraction of sp³-hybridized carbons (Fsp3) is 0.556. The summed E-state index contributed by atoms with van der Waals surface area (Å²) in [7, 11) is 0. The van der Waals surface area contributed by atoms with E-state index < -0.39 is 47.3 Å². The number of benzene rings is 1. The SMILES string of the molecule is CSC1O[C@H](C(NC(=O)[C@@H]2CC=C(/C=C/CCc3ccc(C#N)cc3)CCN2)[C@H](C)Cl)C(O)C(O)[C@H]1O. The Kier molecular flexibility index (Phi) is 11.5. The highest BCUT2D eigenvalue weighted by Gasteiger charge is 2.48. The van der Waals surface area contributed by atoms with Gasteiger partial charge in [-0.1, -0.05) is 35.9 Å². The summed E-state index contributed by atoms with van der Waals surface area (Å²) in [6, 6.07) is 8.48. The molecule has 1 fully saturated rings. The topological polar surface area (TPSA) is 135 Å². The smallest absolute Gasteiger partial charge is 0.237 e. The van der Waals surface area contributed by atoms with Crippen molar-refractivity contribution in [3.05, 3.63) is 59.2 Å². The second-order valence-electron chi connectivity index (χ2n) is 9.41. The lowest BCUT2D eigenvalue weighted by atomic mass is 9.93. The molecule has 10 heteroatoms. The number of thioether (sulfide) groups is 1. The minimum atomic E-state index is -1.41. The van der Waals surface area contributed by atoms with Crippen LogP contribution >= 0.6 is 23.4 Å². The highest BCUT2D eigenvalue weighted by atomic mass is 35.5. The molecular weight excluding hydrogens is 514 g/mol. The maximum Gasteiger partial charge on any atom is 0.237 e. The maximum atomic E-state index is 13.1. The van der Waals surface area contributed by atoms with Gasteiger partial charge in [0.05, 0.1) is 29.1 Å². The third-order valence-corrected chi connectivity index (χ3v) is 7.87. The number of amides is 1. The quantitative estimate of drug-likeness (QED) is 0.295. The number of aliphatic hydroxyl groups excluding tert-OH is 3. The van der Waals surface area contributed by atoms with Gasteiger partial charge >= 0.3 is 0 Å². The van der Waals surface area contributed by atoms with E-state index in [1.54, 1.807) is 13.2 Å². The van der Waals surface area contributed by atoms with Gasteiger partial charge in [0.15, 0.2) is 0 Å². The standard InChI is InChI=1S/C27H36ClN3O5S/c1-16(28)21(25-23(33)22(32)24(34)27(36-25)37-2)31-26(35)20-12-11-18(13-14-30-20)6-4-3-5-17-7-9-19(15-29)10-8-17/h4,6-11,16,20-25,27,30,32-34H,3,5,12-14H2,1-2H3,(H,31,35)/b6-4+/t16-,20-,21?,22?,23?,24+,25+,27?/m0/s1. The first-order chi connectivity index (χ1) is 17.7. The Morgan fingerprint density at radius 1 is 1.30 bits per heavy atom. The highest BCUT2D eigenvalue weighted by Crippen LogP contribution is 2.30. The summed E-state index contributed by atoms with van der Waals surface area (Å²) < 4.78 is 5.83. The number of hydrogen-bond acceptors (Lipinski definition) is 8. The first-order valence-electron chi connectivity index (χ1n) is 12.5. The number of aryl methyl sites for hydroxylation is 1. The lowest BCUT2D eigenvalue weighted by Crippen LogP contribution is -2.65. The van der Waals surface area contributed by atoms with Gasteiger partial charge < -0.3 is 30.7 Å². The zero-order chi connectivity index (χ0) is 26.9. The van der Waals surface area contributed by atoms with Crippen LogP contribution in [0.5, 0.6) is 0 Å². The Labute approximate surface area is 227 Å². The molecule has 0 spiro atoms. The van der Waals surface area contributed by atoms with E-state index in [1.165, 1.54) is 17.3 Å². The van der Waals surface area contributed by atoms with Crippen LogP contribution in [0.4, 0.5) is 0 Å². The minimum absolute atomic E-state index is 0.267. The van der Waals surface area contributed by atoms with Crippen LogP contribution in [-0.2, 0) is 16.0 Å². The predicted octanol–water partition coefficient (Wildman–Crippen LogP) is 2.01. The second kappa shape index (κ2) is 14.3. The Balaban J connectivity index is 1.56. The van der Waals surface area contributed by atoms with Gasteiger partial charge in [0.25, 0.3) is 0 Å². The number of halogens is 1. The summed E-state index contributed by atoms with van der Waals surface area (Å²) in [6.07, 6.45) is 6.02. The number of aliphatic hydroxyl groups is 3. The van der Waals surface area contributed by atoms with Gasteiger partial charge in [-0.05, 0) is 63.1 Å². The number of ether oxygens (including phenoxy) is 1. The molecule has 0 saturated carbocycles. The van der Waals surface area contributed by atoms with Crippen molar-refractivity contribution in [2.75, 3.05) is 12.8 Å². The van der Waals surface area contributed by atoms with Crippen molar-refractivity contribution >= 4 is 29.3 Å². The molecule has 37 heavy (non-hydrogen) atoms. The molecule has 2 aliphatic heterocycles. The first-order valence-corrected chi connectivity index (χ1v) is 14.2. The molecule has 1 saturated heterocycles. The minimum Gasteiger partial charge on any atom is -0.388 e. The molecule has 2 aliphatic rings. The van der Waals surface area contributed by atoms with Gasteiger partial charge in [-0.15, -0.1) is 23.4 Å². The van der Waals surface area contributed by atoms with Crippen LogP contribution in [-0.4, -0.2) is 81.3 Å². The molecular formula is C27H36ClN3O5S. The summed E-state index contributed by atoms with van der Waals surface area (Å²) in [5.41, 5.74) is 2.24. The first kappa shape index (κ1) is 29.7. The molecule has 0 aliphatic carbocycles. The normalized spacial score (nSPS) is 30.1. The number of nitrogens with zero attached hydrogens (tertiary/aromatic N) is 1. The summed E-state index contributed by atoms with van der Waals surface area (Å²) >= 11 is 7.59. The van der Waals surface area contributed by atoms with Gasteiger partial charge in [0.2, 0.25) is 5.91 Å². The molecule has 8 atom stereocenters. The number of carbonyl (C=O) groups excluding carboxylic acids is 1. The zero-order valence-electron chi connectivity index (χ0n) is 21.1. The molecule has 4 unspecified atom stereocenters. The van der Waals surface area contributed by atoms with Crippen LogP contribution in [0, 0.1) is 11.3 Å². The van der Waals surface area contributed by atoms with E-state index in [1.807, 2.05) is 24.3 Å². The zero-order valence-corrected chi connectivity index (χ0v) is 22.7. The average molecular weight is 550 g/mol. The van der Waals surface area contributed by atoms with Crippen LogP contribution in [0.25, 0.3) is 0 Å². The molecule has 0 radical (unpaired) electrons. The van der Waals surface area contributed by atoms with Crippen molar-refractivity contribution in [3.63, 3.8) is 0 Å². The molecule has 0 aromatic heterocycles. The molecule has 1 aromatic rings. The molecule has 2 heterocycles. The highest BCUT2D eigenvalue weighted by molar-refractivity contribution is 7.99. The fourth-order valence-corrected chi connectivity index (χ4v) is 5.40. The van der Waals surface area contributed by atoms with E-state index >= 15 is 0 Å². The van der Waals surface area contributed by atoms with Gasteiger partial charge in [0, 0.05) is 0 Å². The van der Waals surface area contributed by atoms with Crippen molar-refractivity contribution in [2.24, 2.45) is 0 Å². The number of nitrogens with one attached hydrogen (secondary N) is 2. The maximum absolute atomic E-state index is 13.1. The lowest BCUT2D eigenvalue weighted by Gasteiger charge is -2.44. The average Bonchev–Trinajstić information content (AvgIpc) is 3.15. The third-order valence-electron chi connectivity index (χ3n) is 6.75. The van der Waals surface area contributed by atoms with Crippen molar-refractivity contribution in [1.82, 2.24) is 10.6 Å². The van der Waals surface area contributed by atoms with Crippen LogP contribution in [0.2, 0.25) is 0 Å². The van der Waals surface area contributed by atoms with Crippen LogP contribution in [0.3, 0.4) is 0 Å². The van der Waals surface area contributed by atoms with Crippen LogP contribution < -0.4 is 10.6 Å². The van der Waals surface area contributed by atoms with E-state index in [9.17, 15) is 20.1 Å². The van der Waals surface area contributed by atoms with Crippen LogP contribution in [0.15, 0.2) is 48.1 Å². The summed E-state index contributed by atoms with van der Waals surface area (Å²) in [6.45, 7) is 2.32. The molecule has 1 aromatic carbocycles. The number of rotatable bonds is 9. The Bertz CT molecular complexity index is 995. The largest absolute Gasteiger partial charge is 0.388 e. The van der Waals surface area contributed by atoms with E-state index in [4.69, 9.17) is 21.6 Å². The lowest BCUT2D eigenvalue weighted by molar-refractivity contribution is -0.205. The molecule has 202 valence electrons. The molecule has 0 bridgehead atoms. The molecule has 8 nitrogen and oxygen atoms in total. The summed E-state index contributed by atoms with van der Waals surface area (Å²) in [5.74, 6) is -0.267. The monoisotopic (exact) mass is 549 g/mol. The number of carbonyl (C=O) groups is 1. The predicted molar refractivity (Wildman–Crippen MR) is 145 cm³/mol. The van der Waals surface area contributed by atoms with Gasteiger partial charge in [-0.2, -0.15) is 5.26 Å². The van der Waals surface area contributed by atoms with Gasteiger partial charge in [-0.3, -0.25) is 4.79 Å². The van der Waals surface area contributed by atoms with Crippen molar-refractivity contribution in [1.29, 1.82) is 5.26 Å². The van der Waals surface area contributed by atoms with Gasteiger partial charge in [0.1, 0.15) is 29.9 Å². The Morgan fingerprint density at radius 3 is 2.68 bits per heavy atom. The van der Waals surface area contributed by atoms with E-state index in [0.717, 1.165) is 24.8 Å². The molecule has 5 N–H and O–H groups in total. The number of hydrogen-bond donors (Lipinski definition) is 5. The number of nitriles is 1. The van der Waals surface area contributed by atoms with Gasteiger partial charge in [-0.25, -0.2) is 0 Å². The van der Waals surface area contributed by atoms with Crippen molar-refractivity contribution in [2.45, 2.75) is 79.9 Å². The van der Waals surface area contributed by atoms with E-state index in [0.29, 0.717) is 18.5 Å². The van der Waals surface area contributed by atoms with E-state index in [-0.39, 0.29) is 5.91 Å². The number of alkyl halides is 1. The third kappa shape index (κ3) is 8.04. The Hall–Kier alpha value is -1.90. The fourth-order valence-electron chi connectivity index (χ4n) is 4.52. The number of allylic oxidation sites excluding steroid dienone is 2. The second-order valence-corrected chi connectivity index (χ2v) is 11.0. The Morgan fingerprint density at radius 2 is 2.03 bits per heavy atom.